The minimum absolute atomic E-state index is 0.168. The molecule has 5 heteroatoms. The van der Waals surface area contributed by atoms with Gasteiger partial charge in [0, 0.05) is 25.4 Å². The second kappa shape index (κ2) is 8.75. The fraction of sp³-hybridized carbons (Fsp3) is 0.500. The van der Waals surface area contributed by atoms with Crippen molar-refractivity contribution in [3.05, 3.63) is 34.6 Å². The molecule has 0 unspecified atom stereocenters. The van der Waals surface area contributed by atoms with Crippen LogP contribution < -0.4 is 5.32 Å². The number of aliphatic hydroxyl groups excluding tert-OH is 1. The van der Waals surface area contributed by atoms with Crippen LogP contribution in [0.5, 0.6) is 0 Å². The zero-order valence-corrected chi connectivity index (χ0v) is 11.2. The first kappa shape index (κ1) is 14.8. The smallest absolute Gasteiger partial charge is 0.141 e. The lowest BCUT2D eigenvalue weighted by molar-refractivity contribution is 0.296. The van der Waals surface area contributed by atoms with Gasteiger partial charge in [-0.05, 0) is 29.9 Å². The van der Waals surface area contributed by atoms with Crippen LogP contribution in [-0.2, 0) is 6.54 Å². The summed E-state index contributed by atoms with van der Waals surface area (Å²) in [4.78, 5) is 0. The van der Waals surface area contributed by atoms with Crippen molar-refractivity contribution in [1.29, 1.82) is 0 Å². The summed E-state index contributed by atoms with van der Waals surface area (Å²) >= 11 is 7.49. The zero-order chi connectivity index (χ0) is 12.5. The van der Waals surface area contributed by atoms with Gasteiger partial charge in [0.25, 0.3) is 0 Å². The molecule has 0 aliphatic carbocycles. The summed E-state index contributed by atoms with van der Waals surface area (Å²) in [7, 11) is 0. The third kappa shape index (κ3) is 6.27. The molecule has 0 atom stereocenters. The Kier molecular flexibility index (Phi) is 7.60. The highest BCUT2D eigenvalue weighted by Gasteiger charge is 2.00. The number of aliphatic hydroxyl groups is 1. The van der Waals surface area contributed by atoms with E-state index in [0.717, 1.165) is 30.0 Å². The van der Waals surface area contributed by atoms with Gasteiger partial charge < -0.3 is 10.4 Å². The number of hydrogen-bond donors (Lipinski definition) is 2. The summed E-state index contributed by atoms with van der Waals surface area (Å²) in [5.41, 5.74) is 0.983. The molecule has 1 aromatic carbocycles. The van der Waals surface area contributed by atoms with Gasteiger partial charge in [0.05, 0.1) is 5.02 Å². The molecule has 0 bridgehead atoms. The Balaban J connectivity index is 2.11. The second-order valence-electron chi connectivity index (χ2n) is 3.61. The molecule has 0 radical (unpaired) electrons. The molecular weight excluding hydrogens is 261 g/mol. The fourth-order valence-electron chi connectivity index (χ4n) is 1.30. The molecule has 96 valence electrons. The minimum Gasteiger partial charge on any atom is -0.396 e. The van der Waals surface area contributed by atoms with Gasteiger partial charge in [-0.15, -0.1) is 0 Å². The van der Waals surface area contributed by atoms with Crippen molar-refractivity contribution in [2.45, 2.75) is 13.0 Å². The van der Waals surface area contributed by atoms with Crippen molar-refractivity contribution in [1.82, 2.24) is 5.32 Å². The van der Waals surface area contributed by atoms with Gasteiger partial charge in [-0.1, -0.05) is 17.7 Å². The van der Waals surface area contributed by atoms with Crippen molar-refractivity contribution in [3.8, 4) is 0 Å². The van der Waals surface area contributed by atoms with Gasteiger partial charge in [-0.25, -0.2) is 4.39 Å². The SMILES string of the molecule is OCCCSCCNCc1ccc(F)c(Cl)c1. The van der Waals surface area contributed by atoms with Crippen molar-refractivity contribution in [2.24, 2.45) is 0 Å². The summed E-state index contributed by atoms with van der Waals surface area (Å²) in [6, 6.07) is 4.76. The Morgan fingerprint density at radius 1 is 1.35 bits per heavy atom. The normalized spacial score (nSPS) is 10.8. The quantitative estimate of drug-likeness (QED) is 0.717. The van der Waals surface area contributed by atoms with E-state index < -0.39 is 0 Å². The zero-order valence-electron chi connectivity index (χ0n) is 9.59. The number of rotatable bonds is 8. The van der Waals surface area contributed by atoms with Crippen LogP contribution in [0.15, 0.2) is 18.2 Å². The Morgan fingerprint density at radius 3 is 2.88 bits per heavy atom. The van der Waals surface area contributed by atoms with E-state index in [-0.39, 0.29) is 17.4 Å². The Bertz CT molecular complexity index is 338. The van der Waals surface area contributed by atoms with Gasteiger partial charge in [0.2, 0.25) is 0 Å². The predicted molar refractivity (Wildman–Crippen MR) is 72.1 cm³/mol. The number of halogens is 2. The molecule has 0 heterocycles. The van der Waals surface area contributed by atoms with Gasteiger partial charge >= 0.3 is 0 Å². The third-order valence-corrected chi connectivity index (χ3v) is 3.54. The highest BCUT2D eigenvalue weighted by Crippen LogP contribution is 2.15. The van der Waals surface area contributed by atoms with Crippen LogP contribution in [-0.4, -0.2) is 29.8 Å². The summed E-state index contributed by atoms with van der Waals surface area (Å²) in [6.45, 7) is 1.85. The second-order valence-corrected chi connectivity index (χ2v) is 5.25. The summed E-state index contributed by atoms with van der Waals surface area (Å²) in [6.07, 6.45) is 0.845. The van der Waals surface area contributed by atoms with Crippen molar-refractivity contribution in [2.75, 3.05) is 24.7 Å². The van der Waals surface area contributed by atoms with E-state index >= 15 is 0 Å². The van der Waals surface area contributed by atoms with E-state index in [0.29, 0.717) is 6.54 Å². The largest absolute Gasteiger partial charge is 0.396 e. The van der Waals surface area contributed by atoms with Crippen molar-refractivity contribution in [3.63, 3.8) is 0 Å². The lowest BCUT2D eigenvalue weighted by Crippen LogP contribution is -2.16. The van der Waals surface area contributed by atoms with Gasteiger partial charge in [-0.3, -0.25) is 0 Å². The first-order valence-electron chi connectivity index (χ1n) is 5.57. The van der Waals surface area contributed by atoms with E-state index in [1.807, 2.05) is 11.8 Å². The monoisotopic (exact) mass is 277 g/mol. The summed E-state index contributed by atoms with van der Waals surface area (Å²) in [5.74, 6) is 1.62. The molecule has 17 heavy (non-hydrogen) atoms. The number of thioether (sulfide) groups is 1. The van der Waals surface area contributed by atoms with E-state index in [4.69, 9.17) is 16.7 Å². The van der Waals surface area contributed by atoms with Crippen LogP contribution in [0.3, 0.4) is 0 Å². The molecule has 0 saturated heterocycles. The van der Waals surface area contributed by atoms with Crippen LogP contribution in [0.2, 0.25) is 5.02 Å². The predicted octanol–water partition coefficient (Wildman–Crippen LogP) is 2.68. The van der Waals surface area contributed by atoms with Gasteiger partial charge in [0.15, 0.2) is 0 Å². The molecule has 0 aliphatic heterocycles. The molecule has 0 aromatic heterocycles. The molecule has 0 aliphatic rings. The fourth-order valence-corrected chi connectivity index (χ4v) is 2.32. The Labute approximate surface area is 111 Å². The van der Waals surface area contributed by atoms with E-state index in [9.17, 15) is 4.39 Å². The third-order valence-electron chi connectivity index (χ3n) is 2.18. The Morgan fingerprint density at radius 2 is 2.18 bits per heavy atom. The van der Waals surface area contributed by atoms with Gasteiger partial charge in [-0.2, -0.15) is 11.8 Å². The van der Waals surface area contributed by atoms with Crippen LogP contribution in [0.25, 0.3) is 0 Å². The molecule has 0 saturated carbocycles. The Hall–Kier alpha value is -0.290. The minimum atomic E-state index is -0.380. The van der Waals surface area contributed by atoms with Crippen molar-refractivity contribution >= 4 is 23.4 Å². The van der Waals surface area contributed by atoms with E-state index in [2.05, 4.69) is 5.32 Å². The average Bonchev–Trinajstić information content (AvgIpc) is 2.32. The maximum absolute atomic E-state index is 12.9. The average molecular weight is 278 g/mol. The number of benzene rings is 1. The first-order valence-corrected chi connectivity index (χ1v) is 7.10. The van der Waals surface area contributed by atoms with E-state index in [1.54, 1.807) is 12.1 Å². The molecule has 1 rings (SSSR count). The summed E-state index contributed by atoms with van der Waals surface area (Å²) < 4.78 is 12.9. The molecule has 0 fully saturated rings. The van der Waals surface area contributed by atoms with Crippen molar-refractivity contribution < 1.29 is 9.50 Å². The highest BCUT2D eigenvalue weighted by molar-refractivity contribution is 7.99. The van der Waals surface area contributed by atoms with Crippen LogP contribution in [0.4, 0.5) is 4.39 Å². The van der Waals surface area contributed by atoms with Crippen LogP contribution in [0, 0.1) is 5.82 Å². The molecule has 2 nitrogen and oxygen atoms in total. The molecule has 1 aromatic rings. The van der Waals surface area contributed by atoms with Crippen LogP contribution in [0.1, 0.15) is 12.0 Å². The molecule has 0 spiro atoms. The number of hydrogen-bond acceptors (Lipinski definition) is 3. The van der Waals surface area contributed by atoms with Gasteiger partial charge in [0.1, 0.15) is 5.82 Å². The van der Waals surface area contributed by atoms with E-state index in [1.165, 1.54) is 6.07 Å². The highest BCUT2D eigenvalue weighted by atomic mass is 35.5. The lowest BCUT2D eigenvalue weighted by Gasteiger charge is -2.05. The maximum atomic E-state index is 12.9. The maximum Gasteiger partial charge on any atom is 0.141 e. The molecular formula is C12H17ClFNOS. The molecule has 2 N–H and O–H groups in total. The molecule has 0 amide bonds. The summed E-state index contributed by atoms with van der Waals surface area (Å²) in [5, 5.41) is 12.0. The first-order chi connectivity index (χ1) is 8.24. The topological polar surface area (TPSA) is 32.3 Å². The number of nitrogens with one attached hydrogen (secondary N) is 1. The lowest BCUT2D eigenvalue weighted by atomic mass is 10.2. The van der Waals surface area contributed by atoms with Crippen LogP contribution >= 0.6 is 23.4 Å². The standard InChI is InChI=1S/C12H17ClFNOS/c13-11-8-10(2-3-12(11)14)9-15-4-7-17-6-1-5-16/h2-3,8,15-16H,1,4-7,9H2.